The lowest BCUT2D eigenvalue weighted by Crippen LogP contribution is -2.96. The molecule has 2 saturated heterocycles. The zero-order valence-corrected chi connectivity index (χ0v) is 32.7. The molecule has 5 unspecified atom stereocenters. The first-order valence-electron chi connectivity index (χ1n) is 20.3. The summed E-state index contributed by atoms with van der Waals surface area (Å²) in [5.74, 6) is -0.0529. The van der Waals surface area contributed by atoms with Crippen LogP contribution < -0.4 is 14.8 Å². The molecule has 7 aliphatic rings. The number of carbonyl (C=O) groups is 3. The van der Waals surface area contributed by atoms with E-state index in [0.29, 0.717) is 18.2 Å². The number of nitrogens with zero attached hydrogens (tertiary/aromatic N) is 3. The number of amides is 3. The maximum Gasteiger partial charge on any atom is 0.264 e. The van der Waals surface area contributed by atoms with Crippen molar-refractivity contribution in [2.75, 3.05) is 26.0 Å². The van der Waals surface area contributed by atoms with E-state index in [1.807, 2.05) is 24.3 Å². The molecule has 0 bridgehead atoms. The Labute approximate surface area is 326 Å². The zero-order chi connectivity index (χ0) is 38.4. The second-order valence-corrected chi connectivity index (χ2v) is 19.7. The molecule has 5 atom stereocenters. The van der Waals surface area contributed by atoms with E-state index in [2.05, 4.69) is 43.6 Å². The van der Waals surface area contributed by atoms with Crippen LogP contribution in [0.4, 0.5) is 5.69 Å². The van der Waals surface area contributed by atoms with Crippen molar-refractivity contribution >= 4 is 44.3 Å². The number of rotatable bonds is 8. The molecule has 3 aliphatic heterocycles. The highest BCUT2D eigenvalue weighted by Crippen LogP contribution is 2.69. The van der Waals surface area contributed by atoms with Crippen molar-refractivity contribution in [2.24, 2.45) is 5.41 Å². The third-order valence-corrected chi connectivity index (χ3v) is 17.2. The van der Waals surface area contributed by atoms with E-state index in [4.69, 9.17) is 4.74 Å². The number of hydrogen-bond acceptors (Lipinski definition) is 7. The molecule has 4 saturated carbocycles. The normalized spacial score (nSPS) is 29.4. The van der Waals surface area contributed by atoms with E-state index in [1.165, 1.54) is 12.0 Å². The number of benzene rings is 3. The number of sulfonamides is 1. The molecule has 4 aliphatic carbocycles. The first-order chi connectivity index (χ1) is 27.0. The summed E-state index contributed by atoms with van der Waals surface area (Å²) < 4.78 is 36.3. The maximum atomic E-state index is 15.1. The summed E-state index contributed by atoms with van der Waals surface area (Å²) in [6.07, 6.45) is 8.80. The number of piperazine rings is 1. The van der Waals surface area contributed by atoms with Gasteiger partial charge in [-0.2, -0.15) is 0 Å². The van der Waals surface area contributed by atoms with Gasteiger partial charge >= 0.3 is 0 Å². The van der Waals surface area contributed by atoms with Gasteiger partial charge in [-0.15, -0.1) is 0 Å². The van der Waals surface area contributed by atoms with Crippen molar-refractivity contribution in [2.45, 2.75) is 105 Å². The van der Waals surface area contributed by atoms with Crippen LogP contribution in [0.3, 0.4) is 0 Å². The van der Waals surface area contributed by atoms with Crippen LogP contribution in [0.25, 0.3) is 22.2 Å². The number of nitrogens with one attached hydrogen (secondary N) is 2. The fourth-order valence-electron chi connectivity index (χ4n) is 11.7. The minimum Gasteiger partial charge on any atom is -0.497 e. The van der Waals surface area contributed by atoms with Crippen LogP contribution >= 0.6 is 0 Å². The highest BCUT2D eigenvalue weighted by atomic mass is 32.2. The van der Waals surface area contributed by atoms with Crippen molar-refractivity contribution in [3.05, 3.63) is 83.4 Å². The molecular formula is C44H47N5O6S. The Hall–Kier alpha value is -4.68. The molecule has 11 nitrogen and oxygen atoms in total. The lowest BCUT2D eigenvalue weighted by molar-refractivity contribution is -0.278. The SMILES string of the molecule is COc1ccc2c(c1)C1CC1(C(=O)N1C3CCC34C1CN4C)Cn1c-2c(C2CCCCC2)c2ccc(C(=O)NS(=O)(=O)C3(C(=O)Nc4ccccc4)CC3)cc21. The van der Waals surface area contributed by atoms with Crippen LogP contribution in [0.15, 0.2) is 66.7 Å². The van der Waals surface area contributed by atoms with Gasteiger partial charge in [-0.25, -0.2) is 13.1 Å². The van der Waals surface area contributed by atoms with Gasteiger partial charge in [0.15, 0.2) is 4.75 Å². The minimum atomic E-state index is -4.38. The number of fused-ring (bicyclic) bond motifs is 7. The van der Waals surface area contributed by atoms with Crippen LogP contribution in [-0.4, -0.2) is 83.6 Å². The van der Waals surface area contributed by atoms with E-state index in [1.54, 1.807) is 37.4 Å². The molecule has 3 aromatic carbocycles. The Balaban J connectivity index is 1.00. The van der Waals surface area contributed by atoms with Crippen molar-refractivity contribution in [1.29, 1.82) is 0 Å². The first-order valence-corrected chi connectivity index (χ1v) is 21.8. The second kappa shape index (κ2) is 11.7. The summed E-state index contributed by atoms with van der Waals surface area (Å²) in [7, 11) is -0.506. The molecule has 0 radical (unpaired) electrons. The number of piperidine rings is 1. The number of hydrogen-bond donors (Lipinski definition) is 2. The average Bonchev–Trinajstić information content (AvgIpc) is 4.11. The van der Waals surface area contributed by atoms with Gasteiger partial charge in [0.1, 0.15) is 5.75 Å². The van der Waals surface area contributed by atoms with Crippen LogP contribution in [0, 0.1) is 5.41 Å². The number of likely N-dealkylation sites (N-methyl/N-ethyl adjacent to an activating group) is 1. The highest BCUT2D eigenvalue weighted by molar-refractivity contribution is 7.92. The zero-order valence-electron chi connectivity index (χ0n) is 31.8. The van der Waals surface area contributed by atoms with Gasteiger partial charge in [-0.1, -0.05) is 43.5 Å². The summed E-state index contributed by atoms with van der Waals surface area (Å²) in [6.45, 7) is 1.39. The number of methoxy groups -OCH3 is 1. The topological polar surface area (TPSA) is 130 Å². The smallest absolute Gasteiger partial charge is 0.264 e. The van der Waals surface area contributed by atoms with Crippen molar-refractivity contribution in [3.63, 3.8) is 0 Å². The number of para-hydroxylation sites is 1. The Morgan fingerprint density at radius 1 is 0.893 bits per heavy atom. The van der Waals surface area contributed by atoms with Gasteiger partial charge in [0.05, 0.1) is 35.8 Å². The predicted molar refractivity (Wildman–Crippen MR) is 212 cm³/mol. The van der Waals surface area contributed by atoms with Crippen LogP contribution in [0.2, 0.25) is 0 Å². The Morgan fingerprint density at radius 3 is 2.36 bits per heavy atom. The molecule has 1 spiro atoms. The van der Waals surface area contributed by atoms with Gasteiger partial charge in [0.2, 0.25) is 21.8 Å². The molecule has 11 rings (SSSR count). The third kappa shape index (κ3) is 4.48. The molecule has 1 aromatic heterocycles. The molecule has 290 valence electrons. The number of aromatic nitrogens is 1. The van der Waals surface area contributed by atoms with Crippen LogP contribution in [0.5, 0.6) is 5.75 Å². The molecular weight excluding hydrogens is 727 g/mol. The molecule has 56 heavy (non-hydrogen) atoms. The largest absolute Gasteiger partial charge is 0.497 e. The number of anilines is 1. The van der Waals surface area contributed by atoms with Gasteiger partial charge in [-0.05, 0) is 112 Å². The standard InChI is InChI=1S/C44H47N5O6S/c1-47-24-36-44(47)18-17-35(44)49(36)41(52)42-23-33(42)32-22-29(55-2)14-16-30(32)38-37(26-9-5-3-6-10-26)31-15-13-27(21-34(31)48(38)25-42)39(50)46-56(53,54)43(19-20-43)40(51)45-28-11-7-4-8-12-28/h4,7-8,11-16,21-22,26,33,35-36H,3,5-6,9-10,17-20,23-25H2,1-2H3,(H,45,51)(H,46,50). The Morgan fingerprint density at radius 2 is 1.68 bits per heavy atom. The molecule has 2 N–H and O–H groups in total. The number of likely N-dealkylation sites (tertiary alicyclic amines) is 2. The number of carbonyl (C=O) groups excluding carboxylic acids is 3. The molecule has 12 heteroatoms. The molecule has 6 fully saturated rings. The molecule has 3 amide bonds. The molecule has 4 heterocycles. The Bertz CT molecular complexity index is 2480. The highest BCUT2D eigenvalue weighted by Gasteiger charge is 2.78. The summed E-state index contributed by atoms with van der Waals surface area (Å²) in [4.78, 5) is 47.1. The van der Waals surface area contributed by atoms with Crippen molar-refractivity contribution < 1.29 is 27.5 Å². The third-order valence-electron chi connectivity index (χ3n) is 15.1. The van der Waals surface area contributed by atoms with Gasteiger partial charge in [0.25, 0.3) is 5.91 Å². The lowest BCUT2D eigenvalue weighted by Gasteiger charge is -2.80. The fourth-order valence-corrected chi connectivity index (χ4v) is 13.2. The maximum absolute atomic E-state index is 15.1. The molecule has 4 aromatic rings. The minimum absolute atomic E-state index is 0.0375. The van der Waals surface area contributed by atoms with Gasteiger partial charge in [0, 0.05) is 46.7 Å². The summed E-state index contributed by atoms with van der Waals surface area (Å²) in [6, 6.07) is 21.1. The van der Waals surface area contributed by atoms with E-state index >= 15 is 4.79 Å². The van der Waals surface area contributed by atoms with E-state index in [0.717, 1.165) is 85.0 Å². The quantitative estimate of drug-likeness (QED) is 0.220. The monoisotopic (exact) mass is 773 g/mol. The summed E-state index contributed by atoms with van der Waals surface area (Å²) in [5.41, 5.74) is 5.67. The summed E-state index contributed by atoms with van der Waals surface area (Å²) >= 11 is 0. The van der Waals surface area contributed by atoms with Crippen molar-refractivity contribution in [1.82, 2.24) is 19.1 Å². The van der Waals surface area contributed by atoms with Crippen molar-refractivity contribution in [3.8, 4) is 17.0 Å². The number of ether oxygens (including phenoxy) is 1. The second-order valence-electron chi connectivity index (χ2n) is 17.7. The van der Waals surface area contributed by atoms with Crippen LogP contribution in [0.1, 0.15) is 97.5 Å². The Kier molecular flexibility index (Phi) is 7.22. The van der Waals surface area contributed by atoms with E-state index in [-0.39, 0.29) is 47.9 Å². The van der Waals surface area contributed by atoms with E-state index in [9.17, 15) is 18.0 Å². The summed E-state index contributed by atoms with van der Waals surface area (Å²) in [5, 5.41) is 3.76. The fraction of sp³-hybridized carbons (Fsp3) is 0.477. The van der Waals surface area contributed by atoms with Gasteiger partial charge < -0.3 is 19.5 Å². The van der Waals surface area contributed by atoms with Gasteiger partial charge in [-0.3, -0.25) is 19.3 Å². The predicted octanol–water partition coefficient (Wildman–Crippen LogP) is 6.14. The lowest BCUT2D eigenvalue weighted by atomic mass is 9.52. The van der Waals surface area contributed by atoms with Crippen LogP contribution in [-0.2, 0) is 26.2 Å². The average molecular weight is 774 g/mol. The first kappa shape index (κ1) is 34.6. The van der Waals surface area contributed by atoms with E-state index < -0.39 is 32.0 Å².